The highest BCUT2D eigenvalue weighted by molar-refractivity contribution is 7.91. The van der Waals surface area contributed by atoms with Gasteiger partial charge in [-0.15, -0.1) is 0 Å². The Labute approximate surface area is 323 Å². The first-order valence-corrected chi connectivity index (χ1v) is 20.2. The number of amides is 4. The number of alkyl carbamates (subject to hydrolysis) is 1. The average Bonchev–Trinajstić information content (AvgIpc) is 4.00. The van der Waals surface area contributed by atoms with Gasteiger partial charge in [-0.05, 0) is 76.1 Å². The van der Waals surface area contributed by atoms with Gasteiger partial charge < -0.3 is 38.9 Å². The zero-order valence-corrected chi connectivity index (χ0v) is 32.4. The number of nitrogens with zero attached hydrogens (tertiary/aromatic N) is 3. The van der Waals surface area contributed by atoms with E-state index in [1.54, 1.807) is 58.2 Å². The number of hydrogen-bond acceptors (Lipinski definition) is 13. The maximum atomic E-state index is 14.5. The van der Waals surface area contributed by atoms with Crippen molar-refractivity contribution in [3.8, 4) is 23.2 Å². The van der Waals surface area contributed by atoms with Crippen molar-refractivity contribution in [3.05, 3.63) is 48.9 Å². The monoisotopic (exact) mass is 794 g/mol. The summed E-state index contributed by atoms with van der Waals surface area (Å²) in [6.45, 7) is 5.36. The van der Waals surface area contributed by atoms with E-state index < -0.39 is 74.3 Å². The Morgan fingerprint density at radius 2 is 1.91 bits per heavy atom. The van der Waals surface area contributed by atoms with Crippen LogP contribution in [0, 0.1) is 5.92 Å². The standard InChI is InChI=1S/C38H46N6O11S/c1-37(2,3)55-36(48)41-28-12-15-52-14-6-5-7-23-20-38(23,35(47)43-56(49,50)26-9-10-26)42-31(45)30-19-25(21-44(30)34(28)46)54-32-27-11-8-24(51-4)17-22(27)18-29(40-32)33-39-13-16-53-33/h5,7-8,11,13,16-18,23,25-26,28,30H,6,9-10,12,14-15,19-21H2,1-4H3,(H,41,48)(H,42,45)(H,43,47)/b7-5-/t23-,25-,28+,30+,38-/m1/s1. The molecule has 4 aliphatic rings. The van der Waals surface area contributed by atoms with Crippen molar-refractivity contribution in [2.75, 3.05) is 26.9 Å². The summed E-state index contributed by atoms with van der Waals surface area (Å²) in [5.41, 5.74) is -2.05. The van der Waals surface area contributed by atoms with Gasteiger partial charge in [-0.2, -0.15) is 0 Å². The number of methoxy groups -OCH3 is 1. The van der Waals surface area contributed by atoms with E-state index in [9.17, 15) is 27.6 Å². The predicted molar refractivity (Wildman–Crippen MR) is 200 cm³/mol. The number of sulfonamides is 1. The lowest BCUT2D eigenvalue weighted by Gasteiger charge is -2.30. The zero-order chi connectivity index (χ0) is 39.8. The first-order valence-electron chi connectivity index (χ1n) is 18.6. The van der Waals surface area contributed by atoms with Crippen molar-refractivity contribution in [3.63, 3.8) is 0 Å². The summed E-state index contributed by atoms with van der Waals surface area (Å²) in [5.74, 6) is -1.61. The van der Waals surface area contributed by atoms with Gasteiger partial charge in [0, 0.05) is 30.8 Å². The number of aromatic nitrogens is 2. The highest BCUT2D eigenvalue weighted by atomic mass is 32.2. The lowest BCUT2D eigenvalue weighted by molar-refractivity contribution is -0.141. The Balaban J connectivity index is 1.22. The van der Waals surface area contributed by atoms with Crippen molar-refractivity contribution in [2.45, 2.75) is 93.9 Å². The van der Waals surface area contributed by atoms with Crippen LogP contribution in [0.5, 0.6) is 11.6 Å². The zero-order valence-electron chi connectivity index (χ0n) is 31.6. The Bertz CT molecular complexity index is 2130. The van der Waals surface area contributed by atoms with E-state index in [4.69, 9.17) is 28.3 Å². The van der Waals surface area contributed by atoms with Gasteiger partial charge in [-0.1, -0.05) is 12.2 Å². The van der Waals surface area contributed by atoms with Crippen LogP contribution in [0.3, 0.4) is 0 Å². The van der Waals surface area contributed by atoms with Crippen LogP contribution < -0.4 is 24.8 Å². The fourth-order valence-corrected chi connectivity index (χ4v) is 8.37. The number of pyridine rings is 1. The summed E-state index contributed by atoms with van der Waals surface area (Å²) in [6.07, 6.45) is 6.40. The van der Waals surface area contributed by atoms with Crippen LogP contribution in [0.1, 0.15) is 59.3 Å². The van der Waals surface area contributed by atoms with Crippen molar-refractivity contribution in [1.29, 1.82) is 0 Å². The smallest absolute Gasteiger partial charge is 0.408 e. The molecule has 2 aliphatic heterocycles. The number of rotatable bonds is 8. The molecule has 0 unspecified atom stereocenters. The molecule has 2 aliphatic carbocycles. The number of oxazole rings is 1. The van der Waals surface area contributed by atoms with E-state index in [0.29, 0.717) is 41.5 Å². The molecule has 4 amide bonds. The van der Waals surface area contributed by atoms with Gasteiger partial charge in [0.2, 0.25) is 33.6 Å². The van der Waals surface area contributed by atoms with Gasteiger partial charge in [0.15, 0.2) is 0 Å². The Morgan fingerprint density at radius 1 is 1.11 bits per heavy atom. The number of benzene rings is 1. The predicted octanol–water partition coefficient (Wildman–Crippen LogP) is 2.99. The SMILES string of the molecule is COc1ccc2c(O[C@@H]3C[C@H]4C(=O)N[C@]5(C(=O)NS(=O)(=O)C6CC6)C[C@H]5/C=C\CCOCC[C@H](NC(=O)OC(C)(C)C)C(=O)N4C3)nc(-c3ncco3)cc2c1. The number of hydrogen-bond donors (Lipinski definition) is 3. The van der Waals surface area contributed by atoms with Gasteiger partial charge in [-0.25, -0.2) is 23.2 Å². The third kappa shape index (κ3) is 8.60. The lowest BCUT2D eigenvalue weighted by Crippen LogP contribution is -2.58. The topological polar surface area (TPSA) is 218 Å². The second-order valence-corrected chi connectivity index (χ2v) is 17.4. The number of carbonyl (C=O) groups excluding carboxylic acids is 4. The molecule has 3 N–H and O–H groups in total. The van der Waals surface area contributed by atoms with E-state index in [1.165, 1.54) is 17.4 Å². The van der Waals surface area contributed by atoms with Crippen LogP contribution in [0.25, 0.3) is 22.4 Å². The average molecular weight is 795 g/mol. The number of carbonyl (C=O) groups is 4. The second kappa shape index (κ2) is 15.4. The lowest BCUT2D eigenvalue weighted by atomic mass is 10.1. The molecular weight excluding hydrogens is 749 g/mol. The fraction of sp³-hybridized carbons (Fsp3) is 0.526. The molecule has 56 heavy (non-hydrogen) atoms. The minimum Gasteiger partial charge on any atom is -0.497 e. The minimum absolute atomic E-state index is 0.0334. The summed E-state index contributed by atoms with van der Waals surface area (Å²) < 4.78 is 56.7. The summed E-state index contributed by atoms with van der Waals surface area (Å²) in [5, 5.41) is 6.16. The molecule has 0 bridgehead atoms. The van der Waals surface area contributed by atoms with E-state index in [-0.39, 0.29) is 50.8 Å². The highest BCUT2D eigenvalue weighted by Gasteiger charge is 2.62. The van der Waals surface area contributed by atoms with Crippen LogP contribution in [0.2, 0.25) is 0 Å². The second-order valence-electron chi connectivity index (χ2n) is 15.5. The van der Waals surface area contributed by atoms with Crippen molar-refractivity contribution in [1.82, 2.24) is 30.2 Å². The molecule has 4 heterocycles. The highest BCUT2D eigenvalue weighted by Crippen LogP contribution is 2.46. The van der Waals surface area contributed by atoms with Crippen LogP contribution in [0.4, 0.5) is 4.79 Å². The van der Waals surface area contributed by atoms with Gasteiger partial charge >= 0.3 is 6.09 Å². The Morgan fingerprint density at radius 3 is 2.62 bits per heavy atom. The quantitative estimate of drug-likeness (QED) is 0.280. The first kappa shape index (κ1) is 39.0. The van der Waals surface area contributed by atoms with Crippen LogP contribution >= 0.6 is 0 Å². The molecule has 2 aromatic heterocycles. The summed E-state index contributed by atoms with van der Waals surface area (Å²) in [7, 11) is -2.38. The molecule has 0 spiro atoms. The van der Waals surface area contributed by atoms with E-state index in [0.717, 1.165) is 0 Å². The van der Waals surface area contributed by atoms with E-state index in [1.807, 2.05) is 6.08 Å². The molecule has 0 radical (unpaired) electrons. The van der Waals surface area contributed by atoms with Gasteiger partial charge in [-0.3, -0.25) is 19.1 Å². The minimum atomic E-state index is -3.93. The van der Waals surface area contributed by atoms with Crippen molar-refractivity contribution < 1.29 is 51.0 Å². The number of fused-ring (bicyclic) bond motifs is 3. The van der Waals surface area contributed by atoms with Crippen molar-refractivity contribution >= 4 is 44.6 Å². The van der Waals surface area contributed by atoms with Crippen molar-refractivity contribution in [2.24, 2.45) is 5.92 Å². The largest absolute Gasteiger partial charge is 0.497 e. The molecule has 2 saturated carbocycles. The Hall–Kier alpha value is -5.23. The maximum Gasteiger partial charge on any atom is 0.408 e. The molecule has 300 valence electrons. The molecule has 3 fully saturated rings. The number of ether oxygens (including phenoxy) is 4. The molecule has 1 aromatic carbocycles. The van der Waals surface area contributed by atoms with E-state index in [2.05, 4.69) is 20.3 Å². The van der Waals surface area contributed by atoms with E-state index >= 15 is 0 Å². The van der Waals surface area contributed by atoms with Crippen LogP contribution in [0.15, 0.2) is 53.3 Å². The molecule has 17 nitrogen and oxygen atoms in total. The van der Waals surface area contributed by atoms with Crippen LogP contribution in [-0.2, 0) is 33.9 Å². The molecule has 3 aromatic rings. The maximum absolute atomic E-state index is 14.5. The summed E-state index contributed by atoms with van der Waals surface area (Å²) in [4.78, 5) is 66.0. The van der Waals surface area contributed by atoms with Gasteiger partial charge in [0.25, 0.3) is 5.91 Å². The molecular formula is C38H46N6O11S. The molecule has 18 heteroatoms. The molecule has 5 atom stereocenters. The third-order valence-corrected chi connectivity index (χ3v) is 11.9. The first-order chi connectivity index (χ1) is 26.7. The summed E-state index contributed by atoms with van der Waals surface area (Å²) in [6, 6.07) is 4.75. The van der Waals surface area contributed by atoms with Gasteiger partial charge in [0.05, 0.1) is 31.7 Å². The Kier molecular flexibility index (Phi) is 10.7. The van der Waals surface area contributed by atoms with Crippen LogP contribution in [-0.4, -0.2) is 109 Å². The fourth-order valence-electron chi connectivity index (χ4n) is 7.00. The number of nitrogens with one attached hydrogen (secondary N) is 3. The normalized spacial score (nSPS) is 26.5. The molecule has 7 rings (SSSR count). The van der Waals surface area contributed by atoms with Gasteiger partial charge in [0.1, 0.15) is 47.0 Å². The summed E-state index contributed by atoms with van der Waals surface area (Å²) >= 11 is 0. The third-order valence-electron chi connectivity index (χ3n) is 10.1. The molecule has 1 saturated heterocycles.